The van der Waals surface area contributed by atoms with Gasteiger partial charge in [0.05, 0.1) is 0 Å². The monoisotopic (exact) mass is 334 g/mol. The SMILES string of the molecule is c1ccc(-c2ccc(C3c4ccccc4Oc4ccccc43)cc2)cc1. The van der Waals surface area contributed by atoms with Crippen molar-refractivity contribution >= 4 is 0 Å². The second-order valence-electron chi connectivity index (χ2n) is 6.60. The molecule has 0 saturated carbocycles. The minimum atomic E-state index is 0.195. The van der Waals surface area contributed by atoms with Crippen molar-refractivity contribution < 1.29 is 4.74 Å². The fraction of sp³-hybridized carbons (Fsp3) is 0.0400. The van der Waals surface area contributed by atoms with Gasteiger partial charge in [-0.3, -0.25) is 0 Å². The van der Waals surface area contributed by atoms with Gasteiger partial charge in [-0.05, 0) is 28.8 Å². The number of hydrogen-bond donors (Lipinski definition) is 0. The predicted molar refractivity (Wildman–Crippen MR) is 106 cm³/mol. The first kappa shape index (κ1) is 15.0. The Balaban J connectivity index is 1.62. The Morgan fingerprint density at radius 3 is 1.58 bits per heavy atom. The molecular weight excluding hydrogens is 316 g/mol. The molecule has 26 heavy (non-hydrogen) atoms. The van der Waals surface area contributed by atoms with Crippen LogP contribution in [0.1, 0.15) is 22.6 Å². The van der Waals surface area contributed by atoms with Crippen LogP contribution < -0.4 is 4.74 Å². The van der Waals surface area contributed by atoms with E-state index in [1.807, 2.05) is 18.2 Å². The van der Waals surface area contributed by atoms with Crippen LogP contribution in [-0.2, 0) is 0 Å². The third-order valence-corrected chi connectivity index (χ3v) is 5.03. The van der Waals surface area contributed by atoms with Crippen molar-refractivity contribution in [2.75, 3.05) is 0 Å². The maximum absolute atomic E-state index is 6.12. The first-order valence-electron chi connectivity index (χ1n) is 8.91. The molecular formula is C25H18O. The summed E-state index contributed by atoms with van der Waals surface area (Å²) in [5, 5.41) is 0. The van der Waals surface area contributed by atoms with Crippen molar-refractivity contribution in [1.29, 1.82) is 0 Å². The van der Waals surface area contributed by atoms with Gasteiger partial charge >= 0.3 is 0 Å². The molecule has 0 spiro atoms. The van der Waals surface area contributed by atoms with Gasteiger partial charge in [-0.2, -0.15) is 0 Å². The largest absolute Gasteiger partial charge is 0.457 e. The van der Waals surface area contributed by atoms with Crippen molar-refractivity contribution in [3.8, 4) is 22.6 Å². The van der Waals surface area contributed by atoms with E-state index in [-0.39, 0.29) is 5.92 Å². The van der Waals surface area contributed by atoms with Gasteiger partial charge in [0.25, 0.3) is 0 Å². The molecule has 0 amide bonds. The fourth-order valence-electron chi connectivity index (χ4n) is 3.77. The van der Waals surface area contributed by atoms with Crippen LogP contribution in [0, 0.1) is 0 Å². The number of hydrogen-bond acceptors (Lipinski definition) is 1. The van der Waals surface area contributed by atoms with Crippen LogP contribution in [-0.4, -0.2) is 0 Å². The second-order valence-corrected chi connectivity index (χ2v) is 6.60. The molecule has 0 aliphatic carbocycles. The number of fused-ring (bicyclic) bond motifs is 2. The Kier molecular flexibility index (Phi) is 3.57. The van der Waals surface area contributed by atoms with Crippen molar-refractivity contribution in [1.82, 2.24) is 0 Å². The highest BCUT2D eigenvalue weighted by molar-refractivity contribution is 5.65. The van der Waals surface area contributed by atoms with E-state index in [1.165, 1.54) is 27.8 Å². The summed E-state index contributed by atoms with van der Waals surface area (Å²) in [6.45, 7) is 0. The normalized spacial score (nSPS) is 12.8. The lowest BCUT2D eigenvalue weighted by Crippen LogP contribution is -2.11. The van der Waals surface area contributed by atoms with E-state index in [4.69, 9.17) is 4.74 Å². The average molecular weight is 334 g/mol. The lowest BCUT2D eigenvalue weighted by atomic mass is 9.82. The lowest BCUT2D eigenvalue weighted by molar-refractivity contribution is 0.453. The maximum Gasteiger partial charge on any atom is 0.131 e. The highest BCUT2D eigenvalue weighted by Gasteiger charge is 2.27. The van der Waals surface area contributed by atoms with Crippen molar-refractivity contribution in [2.45, 2.75) is 5.92 Å². The minimum Gasteiger partial charge on any atom is -0.457 e. The van der Waals surface area contributed by atoms with Gasteiger partial charge in [-0.25, -0.2) is 0 Å². The van der Waals surface area contributed by atoms with E-state index >= 15 is 0 Å². The van der Waals surface area contributed by atoms with Crippen LogP contribution in [0.3, 0.4) is 0 Å². The molecule has 0 radical (unpaired) electrons. The summed E-state index contributed by atoms with van der Waals surface area (Å²) in [5.74, 6) is 2.09. The molecule has 1 aliphatic rings. The molecule has 1 heteroatoms. The molecule has 0 fully saturated rings. The van der Waals surface area contributed by atoms with Crippen molar-refractivity contribution in [3.05, 3.63) is 120 Å². The summed E-state index contributed by atoms with van der Waals surface area (Å²) in [5.41, 5.74) is 6.21. The molecule has 0 aromatic heterocycles. The van der Waals surface area contributed by atoms with Gasteiger partial charge in [0.15, 0.2) is 0 Å². The van der Waals surface area contributed by atoms with Gasteiger partial charge in [-0.15, -0.1) is 0 Å². The van der Waals surface area contributed by atoms with Crippen LogP contribution in [0.25, 0.3) is 11.1 Å². The first-order valence-corrected chi connectivity index (χ1v) is 8.91. The molecule has 1 aliphatic heterocycles. The van der Waals surface area contributed by atoms with Gasteiger partial charge in [-0.1, -0.05) is 91.0 Å². The predicted octanol–water partition coefficient (Wildman–Crippen LogP) is 6.64. The van der Waals surface area contributed by atoms with Gasteiger partial charge in [0.1, 0.15) is 11.5 Å². The van der Waals surface area contributed by atoms with E-state index in [9.17, 15) is 0 Å². The van der Waals surface area contributed by atoms with E-state index < -0.39 is 0 Å². The molecule has 0 bridgehead atoms. The lowest BCUT2D eigenvalue weighted by Gasteiger charge is -2.28. The van der Waals surface area contributed by atoms with Crippen LogP contribution in [0.15, 0.2) is 103 Å². The number of ether oxygens (including phenoxy) is 1. The number of para-hydroxylation sites is 2. The number of benzene rings is 4. The fourth-order valence-corrected chi connectivity index (χ4v) is 3.77. The highest BCUT2D eigenvalue weighted by atomic mass is 16.5. The summed E-state index contributed by atoms with van der Waals surface area (Å²) in [7, 11) is 0. The van der Waals surface area contributed by atoms with Gasteiger partial charge in [0.2, 0.25) is 0 Å². The zero-order chi connectivity index (χ0) is 17.3. The Bertz CT molecular complexity index is 1000. The average Bonchev–Trinajstić information content (AvgIpc) is 2.73. The maximum atomic E-state index is 6.12. The Morgan fingerprint density at radius 2 is 0.962 bits per heavy atom. The zero-order valence-corrected chi connectivity index (χ0v) is 14.3. The Morgan fingerprint density at radius 1 is 0.462 bits per heavy atom. The van der Waals surface area contributed by atoms with Crippen LogP contribution >= 0.6 is 0 Å². The van der Waals surface area contributed by atoms with Crippen LogP contribution in [0.5, 0.6) is 11.5 Å². The molecule has 0 saturated heterocycles. The van der Waals surface area contributed by atoms with E-state index in [0.717, 1.165) is 11.5 Å². The summed E-state index contributed by atoms with van der Waals surface area (Å²) in [6.07, 6.45) is 0. The summed E-state index contributed by atoms with van der Waals surface area (Å²) < 4.78 is 6.12. The second kappa shape index (κ2) is 6.20. The van der Waals surface area contributed by atoms with Gasteiger partial charge in [0, 0.05) is 17.0 Å². The molecule has 0 unspecified atom stereocenters. The van der Waals surface area contributed by atoms with E-state index in [2.05, 4.69) is 84.9 Å². The zero-order valence-electron chi connectivity index (χ0n) is 14.3. The first-order chi connectivity index (χ1) is 12.9. The molecule has 1 heterocycles. The van der Waals surface area contributed by atoms with Crippen molar-refractivity contribution in [2.24, 2.45) is 0 Å². The smallest absolute Gasteiger partial charge is 0.131 e. The molecule has 4 aromatic rings. The third-order valence-electron chi connectivity index (χ3n) is 5.03. The summed E-state index contributed by atoms with van der Waals surface area (Å²) in [6, 6.07) is 36.1. The third kappa shape index (κ3) is 2.49. The summed E-state index contributed by atoms with van der Waals surface area (Å²) in [4.78, 5) is 0. The Labute approximate surface area is 153 Å². The van der Waals surface area contributed by atoms with Crippen LogP contribution in [0.2, 0.25) is 0 Å². The molecule has 5 rings (SSSR count). The molecule has 1 nitrogen and oxygen atoms in total. The van der Waals surface area contributed by atoms with Gasteiger partial charge < -0.3 is 4.74 Å². The Hall–Kier alpha value is -3.32. The summed E-state index contributed by atoms with van der Waals surface area (Å²) >= 11 is 0. The van der Waals surface area contributed by atoms with E-state index in [1.54, 1.807) is 0 Å². The highest BCUT2D eigenvalue weighted by Crippen LogP contribution is 2.47. The quantitative estimate of drug-likeness (QED) is 0.351. The standard InChI is InChI=1S/C25H18O/c1-2-8-18(9-3-1)19-14-16-20(17-15-19)25-21-10-4-6-12-23(21)26-24-13-7-5-11-22(24)25/h1-17,25H. The molecule has 124 valence electrons. The van der Waals surface area contributed by atoms with E-state index in [0.29, 0.717) is 0 Å². The van der Waals surface area contributed by atoms with Crippen molar-refractivity contribution in [3.63, 3.8) is 0 Å². The molecule has 0 N–H and O–H groups in total. The molecule has 0 atom stereocenters. The minimum absolute atomic E-state index is 0.195. The molecule has 4 aromatic carbocycles. The topological polar surface area (TPSA) is 9.23 Å². The van der Waals surface area contributed by atoms with Crippen LogP contribution in [0.4, 0.5) is 0 Å². The number of rotatable bonds is 2.